The lowest BCUT2D eigenvalue weighted by molar-refractivity contribution is -0.116. The normalized spacial score (nSPS) is 11.4. The van der Waals surface area contributed by atoms with E-state index in [0.29, 0.717) is 13.0 Å². The molecule has 0 aliphatic carbocycles. The Bertz CT molecular complexity index is 590. The molecule has 0 saturated heterocycles. The van der Waals surface area contributed by atoms with Gasteiger partial charge in [-0.2, -0.15) is 0 Å². The number of nitrogens with two attached hydrogens (primary N) is 2. The van der Waals surface area contributed by atoms with Crippen molar-refractivity contribution < 1.29 is 13.2 Å². The Kier molecular flexibility index (Phi) is 7.10. The van der Waals surface area contributed by atoms with E-state index in [4.69, 9.17) is 22.5 Å². The van der Waals surface area contributed by atoms with Crippen LogP contribution in [-0.4, -0.2) is 20.9 Å². The van der Waals surface area contributed by atoms with E-state index >= 15 is 0 Å². The van der Waals surface area contributed by atoms with Crippen molar-refractivity contribution in [3.05, 3.63) is 23.2 Å². The zero-order valence-corrected chi connectivity index (χ0v) is 13.2. The monoisotopic (exact) mass is 333 g/mol. The molecule has 6 nitrogen and oxygen atoms in total. The average Bonchev–Trinajstić information content (AvgIpc) is 2.40. The molecular formula is C13H20ClN3O3S. The standard InChI is InChI=1S/C13H20ClN3O3S/c14-11-7-6-10(21(16,19)20)9-12(11)17-13(18)5-3-1-2-4-8-15/h6-7,9H,1-5,8,15H2,(H,17,18)(H2,16,19,20). The van der Waals surface area contributed by atoms with Gasteiger partial charge in [0.25, 0.3) is 0 Å². The summed E-state index contributed by atoms with van der Waals surface area (Å²) in [7, 11) is -3.83. The molecule has 0 aromatic heterocycles. The van der Waals surface area contributed by atoms with Crippen LogP contribution in [-0.2, 0) is 14.8 Å². The quantitative estimate of drug-likeness (QED) is 0.629. The Morgan fingerprint density at radius 1 is 1.19 bits per heavy atom. The van der Waals surface area contributed by atoms with Crippen molar-refractivity contribution in [2.75, 3.05) is 11.9 Å². The molecule has 118 valence electrons. The molecule has 0 saturated carbocycles. The van der Waals surface area contributed by atoms with Gasteiger partial charge in [-0.3, -0.25) is 4.79 Å². The number of sulfonamides is 1. The second-order valence-corrected chi connectivity index (χ2v) is 6.66. The molecule has 0 aliphatic heterocycles. The largest absolute Gasteiger partial charge is 0.330 e. The van der Waals surface area contributed by atoms with Crippen molar-refractivity contribution in [1.29, 1.82) is 0 Å². The number of primary sulfonamides is 1. The van der Waals surface area contributed by atoms with Crippen LogP contribution in [0, 0.1) is 0 Å². The Morgan fingerprint density at radius 3 is 2.48 bits per heavy atom. The molecule has 1 aromatic carbocycles. The van der Waals surface area contributed by atoms with Crippen LogP contribution in [0.15, 0.2) is 23.1 Å². The summed E-state index contributed by atoms with van der Waals surface area (Å²) in [6.07, 6.45) is 3.96. The van der Waals surface area contributed by atoms with Crippen molar-refractivity contribution in [3.8, 4) is 0 Å². The minimum atomic E-state index is -3.83. The summed E-state index contributed by atoms with van der Waals surface area (Å²) >= 11 is 5.93. The fourth-order valence-electron chi connectivity index (χ4n) is 1.77. The number of halogens is 1. The average molecular weight is 334 g/mol. The summed E-state index contributed by atoms with van der Waals surface area (Å²) in [5, 5.41) is 7.90. The topological polar surface area (TPSA) is 115 Å². The molecule has 0 bridgehead atoms. The van der Waals surface area contributed by atoms with E-state index in [1.54, 1.807) is 0 Å². The third-order valence-corrected chi connectivity index (χ3v) is 4.14. The SMILES string of the molecule is NCCCCCCC(=O)Nc1cc(S(N)(=O)=O)ccc1Cl. The molecular weight excluding hydrogens is 314 g/mol. The van der Waals surface area contributed by atoms with E-state index < -0.39 is 10.0 Å². The van der Waals surface area contributed by atoms with Crippen molar-refractivity contribution >= 4 is 33.2 Å². The molecule has 5 N–H and O–H groups in total. The van der Waals surface area contributed by atoms with E-state index in [9.17, 15) is 13.2 Å². The van der Waals surface area contributed by atoms with Gasteiger partial charge in [-0.1, -0.05) is 24.4 Å². The number of anilines is 1. The molecule has 0 heterocycles. The number of nitrogens with one attached hydrogen (secondary N) is 1. The molecule has 0 atom stereocenters. The number of hydrogen-bond acceptors (Lipinski definition) is 4. The molecule has 0 unspecified atom stereocenters. The first-order valence-corrected chi connectivity index (χ1v) is 8.59. The highest BCUT2D eigenvalue weighted by Crippen LogP contribution is 2.25. The number of amides is 1. The predicted molar refractivity (Wildman–Crippen MR) is 83.6 cm³/mol. The number of carbonyl (C=O) groups is 1. The van der Waals surface area contributed by atoms with Gasteiger partial charge < -0.3 is 11.1 Å². The lowest BCUT2D eigenvalue weighted by Crippen LogP contribution is -2.15. The number of benzene rings is 1. The Labute approximate surface area is 129 Å². The molecule has 0 spiro atoms. The summed E-state index contributed by atoms with van der Waals surface area (Å²) in [6, 6.07) is 3.93. The Morgan fingerprint density at radius 2 is 1.86 bits per heavy atom. The van der Waals surface area contributed by atoms with E-state index in [1.165, 1.54) is 18.2 Å². The van der Waals surface area contributed by atoms with Crippen LogP contribution in [0.4, 0.5) is 5.69 Å². The highest BCUT2D eigenvalue weighted by molar-refractivity contribution is 7.89. The van der Waals surface area contributed by atoms with Gasteiger partial charge in [0.05, 0.1) is 15.6 Å². The maximum Gasteiger partial charge on any atom is 0.238 e. The van der Waals surface area contributed by atoms with Gasteiger partial charge in [0.15, 0.2) is 0 Å². The van der Waals surface area contributed by atoms with Crippen LogP contribution in [0.5, 0.6) is 0 Å². The summed E-state index contributed by atoms with van der Waals surface area (Å²) in [5.74, 6) is -0.212. The minimum absolute atomic E-state index is 0.0925. The maximum absolute atomic E-state index is 11.8. The van der Waals surface area contributed by atoms with E-state index in [-0.39, 0.29) is 21.5 Å². The summed E-state index contributed by atoms with van der Waals surface area (Å²) in [4.78, 5) is 11.7. The smallest absolute Gasteiger partial charge is 0.238 e. The summed E-state index contributed by atoms with van der Waals surface area (Å²) < 4.78 is 22.5. The molecule has 0 fully saturated rings. The van der Waals surface area contributed by atoms with Crippen LogP contribution >= 0.6 is 11.6 Å². The molecule has 1 aromatic rings. The van der Waals surface area contributed by atoms with E-state index in [1.807, 2.05) is 0 Å². The highest BCUT2D eigenvalue weighted by Gasteiger charge is 2.12. The van der Waals surface area contributed by atoms with Gasteiger partial charge in [0, 0.05) is 6.42 Å². The zero-order valence-electron chi connectivity index (χ0n) is 11.6. The fourth-order valence-corrected chi connectivity index (χ4v) is 2.48. The number of rotatable bonds is 8. The third-order valence-electron chi connectivity index (χ3n) is 2.90. The van der Waals surface area contributed by atoms with Crippen molar-refractivity contribution in [2.45, 2.75) is 37.0 Å². The summed E-state index contributed by atoms with van der Waals surface area (Å²) in [5.41, 5.74) is 5.63. The van der Waals surface area contributed by atoms with E-state index in [0.717, 1.165) is 25.7 Å². The zero-order chi connectivity index (χ0) is 15.9. The van der Waals surface area contributed by atoms with E-state index in [2.05, 4.69) is 5.32 Å². The van der Waals surface area contributed by atoms with Crippen LogP contribution in [0.2, 0.25) is 5.02 Å². The molecule has 21 heavy (non-hydrogen) atoms. The highest BCUT2D eigenvalue weighted by atomic mass is 35.5. The van der Waals surface area contributed by atoms with Crippen LogP contribution in [0.25, 0.3) is 0 Å². The first-order chi connectivity index (χ1) is 9.84. The molecule has 8 heteroatoms. The predicted octanol–water partition coefficient (Wildman–Crippen LogP) is 1.84. The van der Waals surface area contributed by atoms with Gasteiger partial charge in [-0.25, -0.2) is 13.6 Å². The number of unbranched alkanes of at least 4 members (excludes halogenated alkanes) is 3. The van der Waals surface area contributed by atoms with Crippen LogP contribution < -0.4 is 16.2 Å². The van der Waals surface area contributed by atoms with Gasteiger partial charge in [-0.15, -0.1) is 0 Å². The first-order valence-electron chi connectivity index (χ1n) is 6.67. The molecule has 0 radical (unpaired) electrons. The van der Waals surface area contributed by atoms with Crippen molar-refractivity contribution in [1.82, 2.24) is 0 Å². The lowest BCUT2D eigenvalue weighted by Gasteiger charge is -2.09. The Hall–Kier alpha value is -1.15. The second-order valence-electron chi connectivity index (χ2n) is 4.69. The number of hydrogen-bond donors (Lipinski definition) is 3. The van der Waals surface area contributed by atoms with Crippen LogP contribution in [0.1, 0.15) is 32.1 Å². The molecule has 0 aliphatic rings. The lowest BCUT2D eigenvalue weighted by atomic mass is 10.1. The minimum Gasteiger partial charge on any atom is -0.330 e. The number of carbonyl (C=O) groups excluding carboxylic acids is 1. The van der Waals surface area contributed by atoms with Gasteiger partial charge in [-0.05, 0) is 37.6 Å². The molecule has 1 rings (SSSR count). The molecule has 1 amide bonds. The van der Waals surface area contributed by atoms with Gasteiger partial charge in [0.1, 0.15) is 0 Å². The van der Waals surface area contributed by atoms with Gasteiger partial charge >= 0.3 is 0 Å². The second kappa shape index (κ2) is 8.33. The summed E-state index contributed by atoms with van der Waals surface area (Å²) in [6.45, 7) is 0.655. The maximum atomic E-state index is 11.8. The third kappa shape index (κ3) is 6.43. The fraction of sp³-hybridized carbons (Fsp3) is 0.462. The van der Waals surface area contributed by atoms with Crippen molar-refractivity contribution in [3.63, 3.8) is 0 Å². The first kappa shape index (κ1) is 17.9. The Balaban J connectivity index is 2.59. The van der Waals surface area contributed by atoms with Gasteiger partial charge in [0.2, 0.25) is 15.9 Å². The van der Waals surface area contributed by atoms with Crippen LogP contribution in [0.3, 0.4) is 0 Å². The van der Waals surface area contributed by atoms with Crippen molar-refractivity contribution in [2.24, 2.45) is 10.9 Å².